The molecule has 11 N–H and O–H groups in total. The number of Topliss-reactive ketones (excluding diaryl/α,β-unsaturated/α-hetero) is 1. The predicted octanol–water partition coefficient (Wildman–Crippen LogP) is 14.8. The largest absolute Gasteiger partial charge is 0.402 e. The van der Waals surface area contributed by atoms with Gasteiger partial charge >= 0.3 is 0 Å². The van der Waals surface area contributed by atoms with Crippen LogP contribution >= 0.6 is 0 Å². The molecule has 0 aliphatic rings. The Morgan fingerprint density at radius 2 is 0.803 bits per heavy atom. The fourth-order valence-electron chi connectivity index (χ4n) is 6.00. The molecule has 8 heteroatoms. The Morgan fingerprint density at radius 3 is 1.02 bits per heavy atom. The van der Waals surface area contributed by atoms with Gasteiger partial charge in [0.2, 0.25) is 6.41 Å². The van der Waals surface area contributed by atoms with Crippen molar-refractivity contribution in [2.24, 2.45) is 34.6 Å². The number of amides is 1. The maximum absolute atomic E-state index is 11.0. The highest BCUT2D eigenvalue weighted by molar-refractivity contribution is 5.80. The van der Waals surface area contributed by atoms with E-state index in [9.17, 15) is 4.79 Å². The SMILES string of the molecule is C=C.C=C(CCCCCCCCCCCCCCC)NC(N)C(C)=O.C=C(N)C(C)CCCCN.CC.CCCCCCCCCCCCCCCC.CCCCN.NC=O. The molecule has 0 aromatic rings. The van der Waals surface area contributed by atoms with E-state index in [1.54, 1.807) is 0 Å². The molecule has 0 aromatic carbocycles. The summed E-state index contributed by atoms with van der Waals surface area (Å²) in [6.45, 7) is 31.8. The van der Waals surface area contributed by atoms with Gasteiger partial charge in [0.25, 0.3) is 0 Å². The van der Waals surface area contributed by atoms with E-state index in [1.165, 1.54) is 187 Å². The lowest BCUT2D eigenvalue weighted by Gasteiger charge is -2.14. The van der Waals surface area contributed by atoms with E-state index in [-0.39, 0.29) is 12.2 Å². The smallest absolute Gasteiger partial charge is 0.204 e. The lowest BCUT2D eigenvalue weighted by atomic mass is 10.0. The third-order valence-electron chi connectivity index (χ3n) is 10.1. The molecule has 0 bridgehead atoms. The molecule has 0 saturated carbocycles. The Hall–Kier alpha value is -2.16. The molecule has 0 rings (SSSR count). The molecule has 0 fully saturated rings. The third-order valence-corrected chi connectivity index (χ3v) is 10.1. The molecule has 0 saturated heterocycles. The molecule has 2 unspecified atom stereocenters. The highest BCUT2D eigenvalue weighted by atomic mass is 16.1. The minimum atomic E-state index is -0.593. The van der Waals surface area contributed by atoms with Crippen LogP contribution in [0, 0.1) is 5.92 Å². The second-order valence-electron chi connectivity index (χ2n) is 16.1. The number of carbonyl (C=O) groups excluding carboxylic acids is 2. The van der Waals surface area contributed by atoms with Crippen molar-refractivity contribution in [1.29, 1.82) is 0 Å². The van der Waals surface area contributed by atoms with Crippen LogP contribution in [0.4, 0.5) is 0 Å². The van der Waals surface area contributed by atoms with Crippen molar-refractivity contribution in [3.63, 3.8) is 0 Å². The zero-order valence-electron chi connectivity index (χ0n) is 43.0. The summed E-state index contributed by atoms with van der Waals surface area (Å²) in [6, 6.07) is 0. The van der Waals surface area contributed by atoms with Crippen molar-refractivity contribution in [3.05, 3.63) is 37.7 Å². The van der Waals surface area contributed by atoms with Gasteiger partial charge in [-0.1, -0.05) is 241 Å². The van der Waals surface area contributed by atoms with Crippen molar-refractivity contribution >= 4 is 12.2 Å². The van der Waals surface area contributed by atoms with E-state index in [4.69, 9.17) is 27.7 Å². The first-order valence-corrected chi connectivity index (χ1v) is 25.7. The van der Waals surface area contributed by atoms with Crippen LogP contribution in [0.3, 0.4) is 0 Å². The van der Waals surface area contributed by atoms with Gasteiger partial charge in [-0.3, -0.25) is 9.59 Å². The van der Waals surface area contributed by atoms with Gasteiger partial charge in [-0.25, -0.2) is 0 Å². The van der Waals surface area contributed by atoms with Crippen LogP contribution in [0.2, 0.25) is 0 Å². The molecule has 0 spiro atoms. The van der Waals surface area contributed by atoms with Crippen LogP contribution < -0.4 is 34.0 Å². The van der Waals surface area contributed by atoms with Crippen molar-refractivity contribution < 1.29 is 9.59 Å². The number of nitrogens with two attached hydrogens (primary N) is 5. The molecule has 0 heterocycles. The van der Waals surface area contributed by atoms with E-state index < -0.39 is 6.17 Å². The highest BCUT2D eigenvalue weighted by Gasteiger charge is 2.07. The average Bonchev–Trinajstić information content (AvgIpc) is 3.25. The minimum Gasteiger partial charge on any atom is -0.402 e. The predicted molar refractivity (Wildman–Crippen MR) is 279 cm³/mol. The van der Waals surface area contributed by atoms with E-state index in [0.29, 0.717) is 5.92 Å². The van der Waals surface area contributed by atoms with Crippen LogP contribution in [-0.2, 0) is 9.59 Å². The molecule has 2 atom stereocenters. The van der Waals surface area contributed by atoms with Crippen molar-refractivity contribution in [1.82, 2.24) is 5.32 Å². The summed E-state index contributed by atoms with van der Waals surface area (Å²) in [5.41, 5.74) is 27.4. The summed E-state index contributed by atoms with van der Waals surface area (Å²) in [4.78, 5) is 19.6. The second-order valence-corrected chi connectivity index (χ2v) is 16.1. The maximum Gasteiger partial charge on any atom is 0.204 e. The summed E-state index contributed by atoms with van der Waals surface area (Å²) in [6.07, 6.45) is 44.4. The van der Waals surface area contributed by atoms with E-state index in [2.05, 4.69) is 72.0 Å². The molecular formula is C53H116N6O2. The monoisotopic (exact) mass is 869 g/mol. The Balaban J connectivity index is -0.000000133. The molecular weight excluding hydrogens is 753 g/mol. The number of ketones is 1. The van der Waals surface area contributed by atoms with Gasteiger partial charge in [0, 0.05) is 11.4 Å². The molecule has 0 aliphatic heterocycles. The van der Waals surface area contributed by atoms with Crippen LogP contribution in [0.25, 0.3) is 0 Å². The molecule has 0 aromatic heterocycles. The molecule has 1 amide bonds. The molecule has 8 nitrogen and oxygen atoms in total. The Labute approximate surface area is 384 Å². The average molecular weight is 870 g/mol. The number of carbonyl (C=O) groups is 2. The number of rotatable bonds is 37. The number of allylic oxidation sites excluding steroid dienone is 2. The summed E-state index contributed by atoms with van der Waals surface area (Å²) in [7, 11) is 0. The van der Waals surface area contributed by atoms with Crippen molar-refractivity contribution in [2.75, 3.05) is 13.1 Å². The summed E-state index contributed by atoms with van der Waals surface area (Å²) >= 11 is 0. The molecule has 370 valence electrons. The zero-order valence-corrected chi connectivity index (χ0v) is 43.0. The topological polar surface area (TPSA) is 176 Å². The normalized spacial score (nSPS) is 10.6. The van der Waals surface area contributed by atoms with Crippen LogP contribution in [0.15, 0.2) is 37.7 Å². The summed E-state index contributed by atoms with van der Waals surface area (Å²) < 4.78 is 0. The quantitative estimate of drug-likeness (QED) is 0.0156. The van der Waals surface area contributed by atoms with Crippen LogP contribution in [0.1, 0.15) is 267 Å². The summed E-state index contributed by atoms with van der Waals surface area (Å²) in [5, 5.41) is 2.96. The maximum atomic E-state index is 11.0. The zero-order chi connectivity index (χ0) is 48.0. The van der Waals surface area contributed by atoms with Gasteiger partial charge in [-0.2, -0.15) is 0 Å². The number of unbranched alkanes of at least 4 members (excludes halogenated alkanes) is 27. The standard InChI is InChI=1S/C20H40N2O.C16H34.C8H18N2.C4H11N.C2H6.C2H4.CH3NO/c1-4-5-6-7-8-9-10-11-12-13-14-15-16-17-18(2)22-20(21)19(3)23;1-3-5-7-9-11-13-15-16-14-12-10-8-6-4-2;1-7(8(2)10)5-3-4-6-9;1-2-3-4-5;2*1-2;2-1-3/h20,22H,2,4-17,21H2,1,3H3;3-16H2,1-2H3;7H,2-6,9-10H2,1H3;2-5H2,1H3;1-2H3;1-2H2;1H,(H2,2,3). The fraction of sp³-hybridized carbons (Fsp3) is 0.849. The number of hydrogen-bond acceptors (Lipinski definition) is 7. The molecule has 0 aliphatic carbocycles. The van der Waals surface area contributed by atoms with Gasteiger partial charge in [0.1, 0.15) is 6.17 Å². The van der Waals surface area contributed by atoms with Gasteiger partial charge < -0.3 is 34.0 Å². The van der Waals surface area contributed by atoms with E-state index in [1.807, 2.05) is 13.8 Å². The highest BCUT2D eigenvalue weighted by Crippen LogP contribution is 2.15. The van der Waals surface area contributed by atoms with Gasteiger partial charge in [0.15, 0.2) is 5.78 Å². The number of nitrogens with one attached hydrogen (secondary N) is 1. The number of primary amides is 1. The third kappa shape index (κ3) is 89.7. The van der Waals surface area contributed by atoms with Gasteiger partial charge in [0.05, 0.1) is 0 Å². The van der Waals surface area contributed by atoms with E-state index >= 15 is 0 Å². The van der Waals surface area contributed by atoms with Crippen LogP contribution in [0.5, 0.6) is 0 Å². The fourth-order valence-corrected chi connectivity index (χ4v) is 6.00. The first-order chi connectivity index (χ1) is 29.5. The lowest BCUT2D eigenvalue weighted by Crippen LogP contribution is -2.42. The Morgan fingerprint density at radius 1 is 0.541 bits per heavy atom. The molecule has 61 heavy (non-hydrogen) atoms. The number of hydrogen-bond donors (Lipinski definition) is 6. The van der Waals surface area contributed by atoms with E-state index in [0.717, 1.165) is 56.6 Å². The first kappa shape index (κ1) is 73.2. The Kier molecular flexibility index (Phi) is 90.3. The van der Waals surface area contributed by atoms with Gasteiger partial charge in [-0.05, 0) is 58.0 Å². The Bertz CT molecular complexity index is 779. The lowest BCUT2D eigenvalue weighted by molar-refractivity contribution is -0.118. The van der Waals surface area contributed by atoms with Crippen LogP contribution in [-0.4, -0.2) is 31.4 Å². The minimum absolute atomic E-state index is 0.0449. The van der Waals surface area contributed by atoms with Gasteiger partial charge in [-0.15, -0.1) is 13.2 Å². The second kappa shape index (κ2) is 75.2. The molecule has 0 radical (unpaired) electrons. The summed E-state index contributed by atoms with van der Waals surface area (Å²) in [5.74, 6) is 0.406. The van der Waals surface area contributed by atoms with Crippen molar-refractivity contribution in [3.8, 4) is 0 Å². The van der Waals surface area contributed by atoms with Crippen molar-refractivity contribution in [2.45, 2.75) is 273 Å². The first-order valence-electron chi connectivity index (χ1n) is 25.7.